The maximum absolute atomic E-state index is 11.8. The second-order valence-electron chi connectivity index (χ2n) is 5.90. The van der Waals surface area contributed by atoms with Gasteiger partial charge in [-0.05, 0) is 55.4 Å². The first kappa shape index (κ1) is 17.1. The highest BCUT2D eigenvalue weighted by atomic mass is 35.5. The van der Waals surface area contributed by atoms with Crippen molar-refractivity contribution in [3.63, 3.8) is 0 Å². The van der Waals surface area contributed by atoms with Gasteiger partial charge in [0.2, 0.25) is 0 Å². The van der Waals surface area contributed by atoms with Crippen LogP contribution in [-0.2, 0) is 11.2 Å². The van der Waals surface area contributed by atoms with E-state index in [0.29, 0.717) is 24.0 Å². The lowest BCUT2D eigenvalue weighted by Gasteiger charge is -2.33. The average Bonchev–Trinajstić information content (AvgIpc) is 2.52. The Kier molecular flexibility index (Phi) is 5.67. The van der Waals surface area contributed by atoms with E-state index in [1.54, 1.807) is 17.0 Å². The number of aryl methyl sites for hydroxylation is 1. The molecular weight excluding hydrogens is 306 g/mol. The molecule has 0 bridgehead atoms. The molecule has 1 amide bonds. The van der Waals surface area contributed by atoms with Crippen LogP contribution in [0.3, 0.4) is 0 Å². The number of likely N-dealkylation sites (tertiary alicyclic amines) is 1. The molecule has 0 spiro atoms. The van der Waals surface area contributed by atoms with E-state index in [0.717, 1.165) is 30.4 Å². The van der Waals surface area contributed by atoms with E-state index >= 15 is 0 Å². The summed E-state index contributed by atoms with van der Waals surface area (Å²) in [6.07, 6.45) is 0.997. The van der Waals surface area contributed by atoms with Crippen LogP contribution in [0.2, 0.25) is 5.02 Å². The third-order valence-electron chi connectivity index (χ3n) is 4.25. The number of piperidine rings is 1. The van der Waals surface area contributed by atoms with Crippen LogP contribution in [0.1, 0.15) is 24.0 Å². The number of amides is 1. The van der Waals surface area contributed by atoms with Gasteiger partial charge in [0.25, 0.3) is 5.91 Å². The number of rotatable bonds is 4. The van der Waals surface area contributed by atoms with Gasteiger partial charge >= 0.3 is 0 Å². The molecule has 2 rings (SSSR count). The van der Waals surface area contributed by atoms with Crippen molar-refractivity contribution in [3.8, 4) is 5.75 Å². The van der Waals surface area contributed by atoms with Crippen LogP contribution in [0.4, 0.5) is 0 Å². The Morgan fingerprint density at radius 1 is 1.41 bits per heavy atom. The number of halogens is 1. The van der Waals surface area contributed by atoms with Crippen molar-refractivity contribution < 1.29 is 20.1 Å². The molecule has 0 saturated carbocycles. The molecule has 1 fully saturated rings. The predicted molar refractivity (Wildman–Crippen MR) is 84.0 cm³/mol. The van der Waals surface area contributed by atoms with Gasteiger partial charge in [-0.3, -0.25) is 4.79 Å². The van der Waals surface area contributed by atoms with Crippen molar-refractivity contribution in [3.05, 3.63) is 28.3 Å². The average molecular weight is 328 g/mol. The number of phenolic OH excluding ortho intramolecular Hbond substituents is 1. The highest BCUT2D eigenvalue weighted by molar-refractivity contribution is 6.31. The molecule has 1 aliphatic heterocycles. The fourth-order valence-corrected chi connectivity index (χ4v) is 3.01. The minimum atomic E-state index is -1.32. The first-order valence-electron chi connectivity index (χ1n) is 7.48. The minimum Gasteiger partial charge on any atom is -0.508 e. The number of carbonyl (C=O) groups excluding carboxylic acids is 1. The van der Waals surface area contributed by atoms with Gasteiger partial charge in [-0.2, -0.15) is 0 Å². The molecule has 22 heavy (non-hydrogen) atoms. The Morgan fingerprint density at radius 2 is 2.05 bits per heavy atom. The quantitative estimate of drug-likeness (QED) is 0.782. The van der Waals surface area contributed by atoms with Crippen LogP contribution < -0.4 is 0 Å². The second kappa shape index (κ2) is 7.31. The summed E-state index contributed by atoms with van der Waals surface area (Å²) in [4.78, 5) is 13.4. The molecular formula is C16H22ClNO4. The fraction of sp³-hybridized carbons (Fsp3) is 0.562. The summed E-state index contributed by atoms with van der Waals surface area (Å²) in [6, 6.07) is 3.48. The maximum Gasteiger partial charge on any atom is 0.253 e. The van der Waals surface area contributed by atoms with Crippen molar-refractivity contribution >= 4 is 17.5 Å². The SMILES string of the molecule is Cc1cc(O)c(CC2CCN(C(=O)C(O)CO)CC2)cc1Cl. The fourth-order valence-electron chi connectivity index (χ4n) is 2.83. The third-order valence-corrected chi connectivity index (χ3v) is 4.66. The van der Waals surface area contributed by atoms with Gasteiger partial charge in [0, 0.05) is 18.1 Å². The summed E-state index contributed by atoms with van der Waals surface area (Å²) in [5.74, 6) is 0.207. The van der Waals surface area contributed by atoms with Gasteiger partial charge in [-0.25, -0.2) is 0 Å². The molecule has 1 atom stereocenters. The zero-order chi connectivity index (χ0) is 16.3. The van der Waals surface area contributed by atoms with Crippen LogP contribution in [0.5, 0.6) is 5.75 Å². The summed E-state index contributed by atoms with van der Waals surface area (Å²) >= 11 is 6.10. The summed E-state index contributed by atoms with van der Waals surface area (Å²) in [7, 11) is 0. The smallest absolute Gasteiger partial charge is 0.253 e. The third kappa shape index (κ3) is 3.91. The number of hydrogen-bond acceptors (Lipinski definition) is 4. The topological polar surface area (TPSA) is 81.0 Å². The van der Waals surface area contributed by atoms with Crippen molar-refractivity contribution in [2.24, 2.45) is 5.92 Å². The molecule has 0 aromatic heterocycles. The molecule has 122 valence electrons. The minimum absolute atomic E-state index is 0.260. The lowest BCUT2D eigenvalue weighted by Crippen LogP contribution is -2.45. The normalized spacial score (nSPS) is 17.5. The number of benzene rings is 1. The van der Waals surface area contributed by atoms with E-state index < -0.39 is 18.6 Å². The van der Waals surface area contributed by atoms with E-state index in [9.17, 15) is 15.0 Å². The standard InChI is InChI=1S/C16H22ClNO4/c1-10-6-14(20)12(8-13(10)17)7-11-2-4-18(5-3-11)16(22)15(21)9-19/h6,8,11,15,19-21H,2-5,7,9H2,1H3. The summed E-state index contributed by atoms with van der Waals surface area (Å²) in [5.41, 5.74) is 1.68. The Bertz CT molecular complexity index is 541. The van der Waals surface area contributed by atoms with E-state index in [4.69, 9.17) is 16.7 Å². The van der Waals surface area contributed by atoms with Gasteiger partial charge in [0.15, 0.2) is 6.10 Å². The first-order valence-corrected chi connectivity index (χ1v) is 7.86. The second-order valence-corrected chi connectivity index (χ2v) is 6.31. The first-order chi connectivity index (χ1) is 10.4. The van der Waals surface area contributed by atoms with E-state index in [2.05, 4.69) is 0 Å². The van der Waals surface area contributed by atoms with Gasteiger partial charge in [-0.1, -0.05) is 11.6 Å². The summed E-state index contributed by atoms with van der Waals surface area (Å²) in [5, 5.41) is 28.9. The Balaban J connectivity index is 1.93. The molecule has 1 aromatic rings. The van der Waals surface area contributed by atoms with E-state index in [1.807, 2.05) is 6.92 Å². The number of phenols is 1. The predicted octanol–water partition coefficient (Wildman–Crippen LogP) is 1.49. The summed E-state index contributed by atoms with van der Waals surface area (Å²) in [6.45, 7) is 2.42. The van der Waals surface area contributed by atoms with Gasteiger partial charge < -0.3 is 20.2 Å². The van der Waals surface area contributed by atoms with Crippen molar-refractivity contribution in [1.29, 1.82) is 0 Å². The van der Waals surface area contributed by atoms with Crippen LogP contribution in [0, 0.1) is 12.8 Å². The largest absolute Gasteiger partial charge is 0.508 e. The number of aromatic hydroxyl groups is 1. The molecule has 1 aromatic carbocycles. The lowest BCUT2D eigenvalue weighted by molar-refractivity contribution is -0.143. The molecule has 1 aliphatic rings. The maximum atomic E-state index is 11.8. The van der Waals surface area contributed by atoms with Crippen LogP contribution in [-0.4, -0.2) is 51.9 Å². The Morgan fingerprint density at radius 3 is 2.64 bits per heavy atom. The van der Waals surface area contributed by atoms with Gasteiger partial charge in [0.1, 0.15) is 5.75 Å². The molecule has 1 unspecified atom stereocenters. The molecule has 0 aliphatic carbocycles. The number of aliphatic hydroxyl groups excluding tert-OH is 2. The van der Waals surface area contributed by atoms with Crippen molar-refractivity contribution in [2.45, 2.75) is 32.3 Å². The number of carbonyl (C=O) groups is 1. The highest BCUT2D eigenvalue weighted by Crippen LogP contribution is 2.30. The lowest BCUT2D eigenvalue weighted by atomic mass is 9.89. The number of nitrogens with zero attached hydrogens (tertiary/aromatic N) is 1. The Hall–Kier alpha value is -1.30. The highest BCUT2D eigenvalue weighted by Gasteiger charge is 2.27. The molecule has 6 heteroatoms. The zero-order valence-electron chi connectivity index (χ0n) is 12.6. The molecule has 3 N–H and O–H groups in total. The number of hydrogen-bond donors (Lipinski definition) is 3. The summed E-state index contributed by atoms with van der Waals surface area (Å²) < 4.78 is 0. The Labute approximate surface area is 135 Å². The molecule has 0 radical (unpaired) electrons. The van der Waals surface area contributed by atoms with Crippen molar-refractivity contribution in [1.82, 2.24) is 4.90 Å². The van der Waals surface area contributed by atoms with Crippen LogP contribution in [0.15, 0.2) is 12.1 Å². The van der Waals surface area contributed by atoms with E-state index in [1.165, 1.54) is 0 Å². The van der Waals surface area contributed by atoms with Crippen LogP contribution >= 0.6 is 11.6 Å². The monoisotopic (exact) mass is 327 g/mol. The zero-order valence-corrected chi connectivity index (χ0v) is 13.4. The van der Waals surface area contributed by atoms with Crippen molar-refractivity contribution in [2.75, 3.05) is 19.7 Å². The van der Waals surface area contributed by atoms with E-state index in [-0.39, 0.29) is 5.75 Å². The molecule has 5 nitrogen and oxygen atoms in total. The molecule has 1 heterocycles. The van der Waals surface area contributed by atoms with Gasteiger partial charge in [-0.15, -0.1) is 0 Å². The van der Waals surface area contributed by atoms with Crippen LogP contribution in [0.25, 0.3) is 0 Å². The molecule has 1 saturated heterocycles. The van der Waals surface area contributed by atoms with Gasteiger partial charge in [0.05, 0.1) is 6.61 Å². The number of aliphatic hydroxyl groups is 2.